The second-order valence-corrected chi connectivity index (χ2v) is 14.1. The van der Waals surface area contributed by atoms with Crippen LogP contribution in [0, 0.1) is 0 Å². The van der Waals surface area contributed by atoms with Gasteiger partial charge in [-0.05, 0) is 83.5 Å². The molecule has 0 aromatic heterocycles. The van der Waals surface area contributed by atoms with Crippen molar-refractivity contribution in [3.05, 3.63) is 85.1 Å². The van der Waals surface area contributed by atoms with Crippen molar-refractivity contribution in [2.24, 2.45) is 0 Å². The van der Waals surface area contributed by atoms with Crippen molar-refractivity contribution < 1.29 is 37.9 Å². The molecule has 9 heteroatoms. The number of hydrogen-bond donors (Lipinski definition) is 2. The van der Waals surface area contributed by atoms with E-state index in [0.29, 0.717) is 19.3 Å². The standard InChI is InChI=1S/C43H71O8P/c1-3-5-7-9-11-13-15-17-19-21-23-25-27-29-31-33-35-37-42(44)49-39-41(40-50-52(46,47)48)51-43(45)38-36-34-32-30-28-26-24-22-20-18-16-14-12-10-8-6-4-2/h6,8,11-14,17-20,24,26,30,32,41H,3-5,7,9-10,15-16,21-23,25,27-29,31,33-40H2,1-2H3,(H2,46,47,48)/b8-6+,13-11+,14-12+,19-17+,20-18+,26-24+,32-30+/t41-/m1/s1. The van der Waals surface area contributed by atoms with Gasteiger partial charge in [-0.2, -0.15) is 0 Å². The maximum Gasteiger partial charge on any atom is 0.469 e. The van der Waals surface area contributed by atoms with Crippen LogP contribution in [0.15, 0.2) is 85.1 Å². The molecule has 0 unspecified atom stereocenters. The molecule has 0 aliphatic rings. The molecule has 296 valence electrons. The van der Waals surface area contributed by atoms with Crippen LogP contribution in [-0.2, 0) is 28.2 Å². The van der Waals surface area contributed by atoms with E-state index in [1.54, 1.807) is 0 Å². The third-order valence-electron chi connectivity index (χ3n) is 7.90. The Morgan fingerprint density at radius 2 is 0.942 bits per heavy atom. The van der Waals surface area contributed by atoms with Gasteiger partial charge in [0.05, 0.1) is 6.61 Å². The first-order valence-electron chi connectivity index (χ1n) is 19.9. The number of unbranched alkanes of at least 4 members (excludes halogenated alkanes) is 11. The molecular formula is C43H71O8P. The second-order valence-electron chi connectivity index (χ2n) is 12.9. The van der Waals surface area contributed by atoms with Crippen LogP contribution in [-0.4, -0.2) is 41.0 Å². The average molecular weight is 747 g/mol. The van der Waals surface area contributed by atoms with Crippen molar-refractivity contribution in [2.75, 3.05) is 13.2 Å². The zero-order valence-corrected chi connectivity index (χ0v) is 33.3. The molecule has 0 aliphatic heterocycles. The number of allylic oxidation sites excluding steroid dienone is 14. The normalized spacial score (nSPS) is 13.4. The van der Waals surface area contributed by atoms with Crippen molar-refractivity contribution in [1.29, 1.82) is 0 Å². The highest BCUT2D eigenvalue weighted by Crippen LogP contribution is 2.36. The summed E-state index contributed by atoms with van der Waals surface area (Å²) in [5, 5.41) is 0. The van der Waals surface area contributed by atoms with Crippen molar-refractivity contribution >= 4 is 19.8 Å². The number of carbonyl (C=O) groups is 2. The largest absolute Gasteiger partial charge is 0.469 e. The minimum Gasteiger partial charge on any atom is -0.462 e. The van der Waals surface area contributed by atoms with Gasteiger partial charge in [-0.15, -0.1) is 0 Å². The highest BCUT2D eigenvalue weighted by atomic mass is 31.2. The molecule has 52 heavy (non-hydrogen) atoms. The lowest BCUT2D eigenvalue weighted by Crippen LogP contribution is -2.29. The molecule has 0 rings (SSSR count). The van der Waals surface area contributed by atoms with Crippen LogP contribution in [0.1, 0.15) is 155 Å². The van der Waals surface area contributed by atoms with Crippen LogP contribution in [0.2, 0.25) is 0 Å². The predicted octanol–water partition coefficient (Wildman–Crippen LogP) is 12.1. The Morgan fingerprint density at radius 1 is 0.519 bits per heavy atom. The first kappa shape index (κ1) is 49.2. The minimum atomic E-state index is -4.77. The summed E-state index contributed by atoms with van der Waals surface area (Å²) in [4.78, 5) is 42.8. The van der Waals surface area contributed by atoms with Crippen molar-refractivity contribution in [3.8, 4) is 0 Å². The molecule has 0 aliphatic carbocycles. The van der Waals surface area contributed by atoms with Gasteiger partial charge in [0, 0.05) is 12.8 Å². The lowest BCUT2D eigenvalue weighted by atomic mass is 10.1. The lowest BCUT2D eigenvalue weighted by molar-refractivity contribution is -0.161. The van der Waals surface area contributed by atoms with Gasteiger partial charge in [0.15, 0.2) is 6.10 Å². The first-order chi connectivity index (χ1) is 25.3. The molecule has 0 aromatic carbocycles. The third-order valence-corrected chi connectivity index (χ3v) is 8.38. The number of carbonyl (C=O) groups excluding carboxylic acids is 2. The maximum atomic E-state index is 12.4. The van der Waals surface area contributed by atoms with Gasteiger partial charge in [0.1, 0.15) is 6.61 Å². The van der Waals surface area contributed by atoms with E-state index in [-0.39, 0.29) is 19.4 Å². The quantitative estimate of drug-likeness (QED) is 0.0285. The number of hydrogen-bond acceptors (Lipinski definition) is 6. The second kappa shape index (κ2) is 38.0. The Labute approximate surface area is 316 Å². The summed E-state index contributed by atoms with van der Waals surface area (Å²) in [7, 11) is -4.77. The molecule has 0 amide bonds. The number of esters is 2. The molecule has 1 atom stereocenters. The van der Waals surface area contributed by atoms with Gasteiger partial charge in [-0.25, -0.2) is 4.57 Å². The van der Waals surface area contributed by atoms with E-state index in [4.69, 9.17) is 19.3 Å². The van der Waals surface area contributed by atoms with Crippen LogP contribution >= 0.6 is 7.82 Å². The van der Waals surface area contributed by atoms with Gasteiger partial charge in [0.2, 0.25) is 0 Å². The van der Waals surface area contributed by atoms with E-state index in [0.717, 1.165) is 64.2 Å². The molecule has 0 fully saturated rings. The van der Waals surface area contributed by atoms with Crippen molar-refractivity contribution in [2.45, 2.75) is 161 Å². The summed E-state index contributed by atoms with van der Waals surface area (Å²) in [6.07, 6.45) is 50.2. The Morgan fingerprint density at radius 3 is 1.44 bits per heavy atom. The summed E-state index contributed by atoms with van der Waals surface area (Å²) in [6, 6.07) is 0. The maximum absolute atomic E-state index is 12.4. The predicted molar refractivity (Wildman–Crippen MR) is 216 cm³/mol. The first-order valence-corrected chi connectivity index (χ1v) is 21.4. The fourth-order valence-corrected chi connectivity index (χ4v) is 5.33. The van der Waals surface area contributed by atoms with Crippen molar-refractivity contribution in [3.63, 3.8) is 0 Å². The number of phosphoric ester groups is 1. The molecule has 0 aromatic rings. The van der Waals surface area contributed by atoms with Crippen LogP contribution in [0.5, 0.6) is 0 Å². The fraction of sp³-hybridized carbons (Fsp3) is 0.628. The zero-order chi connectivity index (χ0) is 38.2. The summed E-state index contributed by atoms with van der Waals surface area (Å²) < 4.78 is 26.3. The average Bonchev–Trinajstić information content (AvgIpc) is 3.11. The van der Waals surface area contributed by atoms with Crippen LogP contribution in [0.4, 0.5) is 0 Å². The van der Waals surface area contributed by atoms with E-state index < -0.39 is 32.5 Å². The summed E-state index contributed by atoms with van der Waals surface area (Å²) >= 11 is 0. The van der Waals surface area contributed by atoms with E-state index >= 15 is 0 Å². The molecule has 0 radical (unpaired) electrons. The van der Waals surface area contributed by atoms with Crippen LogP contribution in [0.25, 0.3) is 0 Å². The molecule has 8 nitrogen and oxygen atoms in total. The topological polar surface area (TPSA) is 119 Å². The molecule has 0 bridgehead atoms. The molecule has 0 saturated carbocycles. The number of phosphoric acid groups is 1. The molecule has 0 spiro atoms. The molecular weight excluding hydrogens is 675 g/mol. The summed E-state index contributed by atoms with van der Waals surface area (Å²) in [5.74, 6) is -0.970. The number of rotatable bonds is 35. The van der Waals surface area contributed by atoms with Crippen LogP contribution < -0.4 is 0 Å². The highest BCUT2D eigenvalue weighted by Gasteiger charge is 2.22. The minimum absolute atomic E-state index is 0.127. The van der Waals surface area contributed by atoms with Gasteiger partial charge >= 0.3 is 19.8 Å². The smallest absolute Gasteiger partial charge is 0.462 e. The Kier molecular flexibility index (Phi) is 35.9. The Hall–Kier alpha value is -2.77. The van der Waals surface area contributed by atoms with Crippen molar-refractivity contribution in [1.82, 2.24) is 0 Å². The van der Waals surface area contributed by atoms with E-state index in [1.807, 2.05) is 12.2 Å². The van der Waals surface area contributed by atoms with E-state index in [1.165, 1.54) is 44.9 Å². The Bertz CT molecular complexity index is 1110. The van der Waals surface area contributed by atoms with Gasteiger partial charge in [-0.1, -0.05) is 144 Å². The van der Waals surface area contributed by atoms with Crippen LogP contribution in [0.3, 0.4) is 0 Å². The summed E-state index contributed by atoms with van der Waals surface area (Å²) in [6.45, 7) is 3.48. The molecule has 0 saturated heterocycles. The monoisotopic (exact) mass is 746 g/mol. The van der Waals surface area contributed by atoms with E-state index in [2.05, 4.69) is 91.3 Å². The Balaban J connectivity index is 4.08. The SMILES string of the molecule is CC/C=C/C/C=C/C/C=C/C/C=C/C/C=C/CCCC(=O)O[C@H](COC(=O)CCCCCCCCC/C=C/C/C=C/CCCCC)COP(=O)(O)O. The highest BCUT2D eigenvalue weighted by molar-refractivity contribution is 7.46. The number of ether oxygens (including phenoxy) is 2. The fourth-order valence-electron chi connectivity index (χ4n) is 4.97. The summed E-state index contributed by atoms with van der Waals surface area (Å²) in [5.41, 5.74) is 0. The third kappa shape index (κ3) is 40.0. The van der Waals surface area contributed by atoms with Gasteiger partial charge in [0.25, 0.3) is 0 Å². The van der Waals surface area contributed by atoms with E-state index in [9.17, 15) is 14.2 Å². The van der Waals surface area contributed by atoms with Gasteiger partial charge in [-0.3, -0.25) is 14.1 Å². The molecule has 0 heterocycles. The zero-order valence-electron chi connectivity index (χ0n) is 32.4. The molecule has 2 N–H and O–H groups in total. The lowest BCUT2D eigenvalue weighted by Gasteiger charge is -2.18. The van der Waals surface area contributed by atoms with Gasteiger partial charge < -0.3 is 19.3 Å².